The number of alkyl halides is 1. The van der Waals surface area contributed by atoms with Gasteiger partial charge in [0.2, 0.25) is 0 Å². The van der Waals surface area contributed by atoms with E-state index < -0.39 is 0 Å². The predicted octanol–water partition coefficient (Wildman–Crippen LogP) is 3.87. The van der Waals surface area contributed by atoms with Crippen LogP contribution in [0.4, 0.5) is 0 Å². The van der Waals surface area contributed by atoms with Gasteiger partial charge in [0.25, 0.3) is 0 Å². The maximum Gasteiger partial charge on any atom is 0.0339 e. The molecule has 1 nitrogen and oxygen atoms in total. The highest BCUT2D eigenvalue weighted by Gasteiger charge is 2.17. The van der Waals surface area contributed by atoms with Crippen molar-refractivity contribution in [3.05, 3.63) is 20.8 Å². The van der Waals surface area contributed by atoms with E-state index in [2.05, 4.69) is 48.2 Å². The molecule has 1 aliphatic heterocycles. The van der Waals surface area contributed by atoms with Gasteiger partial charge >= 0.3 is 0 Å². The first kappa shape index (κ1) is 11.1. The van der Waals surface area contributed by atoms with Gasteiger partial charge in [-0.3, -0.25) is 4.90 Å². The molecule has 4 heteroatoms. The lowest BCUT2D eigenvalue weighted by molar-refractivity contribution is 0.227. The van der Waals surface area contributed by atoms with Crippen LogP contribution in [-0.2, 0) is 6.54 Å². The van der Waals surface area contributed by atoms with Crippen LogP contribution in [0, 0.1) is 0 Å². The highest BCUT2D eigenvalue weighted by Crippen LogP contribution is 2.26. The second-order valence-electron chi connectivity index (χ2n) is 3.64. The second-order valence-corrected chi connectivity index (χ2v) is 6.79. The number of hydrogen-bond acceptors (Lipinski definition) is 2. The van der Waals surface area contributed by atoms with Crippen molar-refractivity contribution < 1.29 is 0 Å². The third-order valence-corrected chi connectivity index (χ3v) is 5.40. The molecular weight excluding hydrogens is 326 g/mol. The van der Waals surface area contributed by atoms with Crippen molar-refractivity contribution >= 4 is 43.2 Å². The van der Waals surface area contributed by atoms with Gasteiger partial charge in [0.1, 0.15) is 0 Å². The van der Waals surface area contributed by atoms with E-state index in [0.717, 1.165) is 11.4 Å². The van der Waals surface area contributed by atoms with Crippen LogP contribution in [0.15, 0.2) is 15.9 Å². The first-order valence-electron chi connectivity index (χ1n) is 4.84. The molecule has 0 aliphatic carbocycles. The van der Waals surface area contributed by atoms with E-state index >= 15 is 0 Å². The Morgan fingerprint density at radius 3 is 2.71 bits per heavy atom. The minimum Gasteiger partial charge on any atom is -0.298 e. The summed E-state index contributed by atoms with van der Waals surface area (Å²) in [4.78, 5) is 4.73. The molecular formula is C10H13Br2NS. The van der Waals surface area contributed by atoms with Gasteiger partial charge in [-0.15, -0.1) is 11.3 Å². The smallest absolute Gasteiger partial charge is 0.0339 e. The van der Waals surface area contributed by atoms with E-state index in [-0.39, 0.29) is 0 Å². The molecule has 0 unspecified atom stereocenters. The number of thiophene rings is 1. The number of nitrogens with zero attached hydrogens (tertiary/aromatic N) is 1. The molecule has 1 saturated heterocycles. The van der Waals surface area contributed by atoms with E-state index in [4.69, 9.17) is 0 Å². The van der Waals surface area contributed by atoms with E-state index in [9.17, 15) is 0 Å². The van der Waals surface area contributed by atoms with Gasteiger partial charge < -0.3 is 0 Å². The van der Waals surface area contributed by atoms with E-state index in [0.29, 0.717) is 0 Å². The second kappa shape index (κ2) is 5.10. The summed E-state index contributed by atoms with van der Waals surface area (Å²) < 4.78 is 1.27. The summed E-state index contributed by atoms with van der Waals surface area (Å²) in [6.07, 6.45) is 2.56. The molecule has 0 saturated carbocycles. The van der Waals surface area contributed by atoms with Crippen molar-refractivity contribution in [2.24, 2.45) is 0 Å². The monoisotopic (exact) mass is 337 g/mol. The number of rotatable bonds is 2. The predicted molar refractivity (Wildman–Crippen MR) is 69.2 cm³/mol. The standard InChI is InChI=1S/C10H13Br2NS/c11-8-1-4-13(5-2-8)7-10-9(12)3-6-14-10/h3,6,8H,1-2,4-5,7H2. The first-order valence-corrected chi connectivity index (χ1v) is 7.43. The average Bonchev–Trinajstić information content (AvgIpc) is 2.56. The largest absolute Gasteiger partial charge is 0.298 e. The Morgan fingerprint density at radius 2 is 2.14 bits per heavy atom. The van der Waals surface area contributed by atoms with Crippen molar-refractivity contribution in [1.82, 2.24) is 4.90 Å². The Kier molecular flexibility index (Phi) is 4.05. The van der Waals surface area contributed by atoms with Crippen molar-refractivity contribution in [1.29, 1.82) is 0 Å². The molecule has 2 heterocycles. The van der Waals surface area contributed by atoms with E-state index in [1.165, 1.54) is 35.3 Å². The third-order valence-electron chi connectivity index (χ3n) is 2.58. The van der Waals surface area contributed by atoms with Gasteiger partial charge in [-0.05, 0) is 53.3 Å². The van der Waals surface area contributed by atoms with Gasteiger partial charge in [-0.2, -0.15) is 0 Å². The Hall–Kier alpha value is 0.620. The molecule has 0 amide bonds. The summed E-state index contributed by atoms with van der Waals surface area (Å²) in [6.45, 7) is 3.55. The molecule has 0 atom stereocenters. The quantitative estimate of drug-likeness (QED) is 0.740. The number of piperidine rings is 1. The van der Waals surface area contributed by atoms with Crippen LogP contribution in [0.2, 0.25) is 0 Å². The Bertz CT molecular complexity index is 292. The SMILES string of the molecule is Brc1ccsc1CN1CCC(Br)CC1. The van der Waals surface area contributed by atoms with Crippen LogP contribution in [0.1, 0.15) is 17.7 Å². The third kappa shape index (κ3) is 2.81. The number of hydrogen-bond donors (Lipinski definition) is 0. The zero-order valence-corrected chi connectivity index (χ0v) is 11.9. The highest BCUT2D eigenvalue weighted by molar-refractivity contribution is 9.10. The van der Waals surface area contributed by atoms with Crippen molar-refractivity contribution in [3.8, 4) is 0 Å². The molecule has 1 aliphatic rings. The molecule has 2 rings (SSSR count). The number of likely N-dealkylation sites (tertiary alicyclic amines) is 1. The van der Waals surface area contributed by atoms with Gasteiger partial charge in [0.05, 0.1) is 0 Å². The molecule has 1 aromatic rings. The van der Waals surface area contributed by atoms with Gasteiger partial charge in [0, 0.05) is 20.7 Å². The lowest BCUT2D eigenvalue weighted by Crippen LogP contribution is -2.33. The van der Waals surface area contributed by atoms with Crippen LogP contribution < -0.4 is 0 Å². The average molecular weight is 339 g/mol. The van der Waals surface area contributed by atoms with Crippen molar-refractivity contribution in [2.45, 2.75) is 24.2 Å². The summed E-state index contributed by atoms with van der Waals surface area (Å²) in [7, 11) is 0. The van der Waals surface area contributed by atoms with Gasteiger partial charge in [-0.25, -0.2) is 0 Å². The molecule has 1 aromatic heterocycles. The molecule has 0 N–H and O–H groups in total. The summed E-state index contributed by atoms with van der Waals surface area (Å²) >= 11 is 9.10. The molecule has 0 spiro atoms. The lowest BCUT2D eigenvalue weighted by atomic mass is 10.1. The molecule has 0 radical (unpaired) electrons. The highest BCUT2D eigenvalue weighted by atomic mass is 79.9. The first-order chi connectivity index (χ1) is 6.75. The van der Waals surface area contributed by atoms with Gasteiger partial charge in [-0.1, -0.05) is 15.9 Å². The zero-order chi connectivity index (χ0) is 9.97. The van der Waals surface area contributed by atoms with E-state index in [1.54, 1.807) is 0 Å². The van der Waals surface area contributed by atoms with E-state index in [1.807, 2.05) is 11.3 Å². The minimum absolute atomic E-state index is 0.741. The summed E-state index contributed by atoms with van der Waals surface area (Å²) in [5.74, 6) is 0. The van der Waals surface area contributed by atoms with Crippen molar-refractivity contribution in [2.75, 3.05) is 13.1 Å². The van der Waals surface area contributed by atoms with Gasteiger partial charge in [0.15, 0.2) is 0 Å². The summed E-state index contributed by atoms with van der Waals surface area (Å²) in [5.41, 5.74) is 0. The van der Waals surface area contributed by atoms with Crippen LogP contribution in [0.5, 0.6) is 0 Å². The fourth-order valence-corrected chi connectivity index (χ4v) is 3.63. The Morgan fingerprint density at radius 1 is 1.43 bits per heavy atom. The Balaban J connectivity index is 1.89. The van der Waals surface area contributed by atoms with Crippen LogP contribution in [0.3, 0.4) is 0 Å². The lowest BCUT2D eigenvalue weighted by Gasteiger charge is -2.28. The van der Waals surface area contributed by atoms with Crippen LogP contribution in [0.25, 0.3) is 0 Å². The topological polar surface area (TPSA) is 3.24 Å². The molecule has 1 fully saturated rings. The molecule has 14 heavy (non-hydrogen) atoms. The van der Waals surface area contributed by atoms with Crippen molar-refractivity contribution in [3.63, 3.8) is 0 Å². The maximum atomic E-state index is 3.67. The molecule has 78 valence electrons. The molecule has 0 bridgehead atoms. The summed E-state index contributed by atoms with van der Waals surface area (Å²) in [5, 5.41) is 2.15. The minimum atomic E-state index is 0.741. The Labute approximate surface area is 106 Å². The zero-order valence-electron chi connectivity index (χ0n) is 7.88. The van der Waals surface area contributed by atoms with Crippen LogP contribution >= 0.6 is 43.2 Å². The fourth-order valence-electron chi connectivity index (χ4n) is 1.70. The number of halogens is 2. The molecule has 0 aromatic carbocycles. The fraction of sp³-hybridized carbons (Fsp3) is 0.600. The maximum absolute atomic E-state index is 3.67. The summed E-state index contributed by atoms with van der Waals surface area (Å²) in [6, 6.07) is 2.14. The van der Waals surface area contributed by atoms with Crippen LogP contribution in [-0.4, -0.2) is 22.8 Å². The normalized spacial score (nSPS) is 20.1.